The van der Waals surface area contributed by atoms with E-state index in [0.717, 1.165) is 24.2 Å². The third-order valence-electron chi connectivity index (χ3n) is 3.69. The summed E-state index contributed by atoms with van der Waals surface area (Å²) in [7, 11) is 0. The molecule has 0 spiro atoms. The molecule has 0 amide bonds. The second-order valence-corrected chi connectivity index (χ2v) is 4.87. The van der Waals surface area contributed by atoms with Crippen molar-refractivity contribution >= 4 is 0 Å². The quantitative estimate of drug-likeness (QED) is 0.825. The highest BCUT2D eigenvalue weighted by Gasteiger charge is 2.32. The smallest absolute Gasteiger partial charge is 0.283 e. The maximum Gasteiger partial charge on any atom is 0.430 e. The molecule has 0 aliphatic heterocycles. The number of nitrogens with one attached hydrogen (secondary N) is 1. The summed E-state index contributed by atoms with van der Waals surface area (Å²) in [5, 5.41) is 2.72. The van der Waals surface area contributed by atoms with Gasteiger partial charge in [0.05, 0.1) is 5.92 Å². The average molecular weight is 245 g/mol. The maximum atomic E-state index is 11.9. The minimum Gasteiger partial charge on any atom is -0.283 e. The van der Waals surface area contributed by atoms with Crippen LogP contribution in [0.5, 0.6) is 0 Å². The summed E-state index contributed by atoms with van der Waals surface area (Å²) in [6, 6.07) is 9.81. The number of benzene rings is 1. The van der Waals surface area contributed by atoms with E-state index in [1.807, 2.05) is 30.3 Å². The lowest BCUT2D eigenvalue weighted by atomic mass is 9.87. The zero-order valence-electron chi connectivity index (χ0n) is 10.3. The first-order chi connectivity index (χ1) is 8.86. The number of hydrogen-bond donors (Lipinski definition) is 1. The number of aromatic amines is 1. The normalized spacial score (nSPS) is 16.9. The highest BCUT2D eigenvalue weighted by molar-refractivity contribution is 5.21. The van der Waals surface area contributed by atoms with Crippen LogP contribution in [0.3, 0.4) is 0 Å². The van der Waals surface area contributed by atoms with E-state index in [1.165, 1.54) is 19.3 Å². The summed E-state index contributed by atoms with van der Waals surface area (Å²) >= 11 is 0. The molecular weight excluding hydrogens is 228 g/mol. The minimum atomic E-state index is -0.231. The van der Waals surface area contributed by atoms with Crippen LogP contribution in [0.1, 0.15) is 43.7 Å². The van der Waals surface area contributed by atoms with Crippen LogP contribution in [0.2, 0.25) is 0 Å². The minimum absolute atomic E-state index is 0.231. The van der Waals surface area contributed by atoms with Crippen LogP contribution >= 0.6 is 0 Å². The molecule has 4 heteroatoms. The van der Waals surface area contributed by atoms with Gasteiger partial charge in [-0.05, 0) is 22.8 Å². The summed E-state index contributed by atoms with van der Waals surface area (Å²) in [5.74, 6) is 0.321. The SMILES string of the molecule is O=c1o[nH][n+](-c2ccccc2)c1C1CCCCC1. The number of aromatic nitrogens is 2. The molecule has 1 saturated carbocycles. The van der Waals surface area contributed by atoms with Gasteiger partial charge in [-0.3, -0.25) is 4.52 Å². The van der Waals surface area contributed by atoms with E-state index in [1.54, 1.807) is 4.68 Å². The predicted molar refractivity (Wildman–Crippen MR) is 66.7 cm³/mol. The molecule has 1 aromatic carbocycles. The number of para-hydroxylation sites is 1. The number of H-pyrrole nitrogens is 1. The van der Waals surface area contributed by atoms with Crippen molar-refractivity contribution in [1.82, 2.24) is 5.27 Å². The molecule has 0 atom stereocenters. The third-order valence-corrected chi connectivity index (χ3v) is 3.69. The van der Waals surface area contributed by atoms with Gasteiger partial charge in [-0.2, -0.15) is 0 Å². The Morgan fingerprint density at radius 1 is 1.11 bits per heavy atom. The van der Waals surface area contributed by atoms with E-state index in [-0.39, 0.29) is 5.63 Å². The van der Waals surface area contributed by atoms with Gasteiger partial charge in [-0.1, -0.05) is 37.5 Å². The van der Waals surface area contributed by atoms with E-state index < -0.39 is 0 Å². The standard InChI is InChI=1S/C14H16N2O2/c17-14-13(11-7-3-1-4-8-11)16(15-18-14)12-9-5-2-6-10-12/h2,5-6,9-11H,1,3-4,7-8H2/p+1. The van der Waals surface area contributed by atoms with E-state index in [0.29, 0.717) is 5.92 Å². The molecule has 1 fully saturated rings. The highest BCUT2D eigenvalue weighted by Crippen LogP contribution is 2.29. The van der Waals surface area contributed by atoms with Gasteiger partial charge in [0.25, 0.3) is 0 Å². The van der Waals surface area contributed by atoms with Crippen LogP contribution in [0.15, 0.2) is 39.6 Å². The van der Waals surface area contributed by atoms with Gasteiger partial charge in [-0.25, -0.2) is 4.79 Å². The Morgan fingerprint density at radius 3 is 2.56 bits per heavy atom. The number of rotatable bonds is 2. The van der Waals surface area contributed by atoms with Gasteiger partial charge in [0.1, 0.15) is 0 Å². The summed E-state index contributed by atoms with van der Waals surface area (Å²) < 4.78 is 6.78. The largest absolute Gasteiger partial charge is 0.430 e. The van der Waals surface area contributed by atoms with Gasteiger partial charge in [0, 0.05) is 12.1 Å². The fourth-order valence-electron chi connectivity index (χ4n) is 2.77. The zero-order chi connectivity index (χ0) is 12.4. The Hall–Kier alpha value is -1.84. The molecule has 1 N–H and O–H groups in total. The lowest BCUT2D eigenvalue weighted by molar-refractivity contribution is -0.678. The van der Waals surface area contributed by atoms with Crippen LogP contribution in [-0.4, -0.2) is 5.27 Å². The number of hydrogen-bond acceptors (Lipinski definition) is 2. The first kappa shape index (κ1) is 11.3. The second kappa shape index (κ2) is 4.80. The van der Waals surface area contributed by atoms with Gasteiger partial charge in [-0.15, -0.1) is 0 Å². The first-order valence-corrected chi connectivity index (χ1v) is 6.55. The first-order valence-electron chi connectivity index (χ1n) is 6.55. The zero-order valence-corrected chi connectivity index (χ0v) is 10.3. The van der Waals surface area contributed by atoms with Crippen molar-refractivity contribution in [2.45, 2.75) is 38.0 Å². The third kappa shape index (κ3) is 1.98. The molecule has 0 saturated heterocycles. The molecule has 18 heavy (non-hydrogen) atoms. The Labute approximate surface area is 105 Å². The van der Waals surface area contributed by atoms with Crippen molar-refractivity contribution in [3.63, 3.8) is 0 Å². The van der Waals surface area contributed by atoms with E-state index in [9.17, 15) is 4.79 Å². The Balaban J connectivity index is 2.03. The monoisotopic (exact) mass is 245 g/mol. The fourth-order valence-corrected chi connectivity index (χ4v) is 2.77. The van der Waals surface area contributed by atoms with Crippen molar-refractivity contribution in [1.29, 1.82) is 0 Å². The van der Waals surface area contributed by atoms with Crippen LogP contribution in [-0.2, 0) is 0 Å². The van der Waals surface area contributed by atoms with Gasteiger partial charge < -0.3 is 0 Å². The van der Waals surface area contributed by atoms with Crippen LogP contribution in [0, 0.1) is 0 Å². The lowest BCUT2D eigenvalue weighted by Gasteiger charge is -2.16. The molecular formula is C14H17N2O2+. The molecule has 1 aromatic heterocycles. The van der Waals surface area contributed by atoms with Crippen molar-refractivity contribution < 1.29 is 9.20 Å². The van der Waals surface area contributed by atoms with Gasteiger partial charge in [0.15, 0.2) is 0 Å². The van der Waals surface area contributed by atoms with Gasteiger partial charge in [0.2, 0.25) is 5.69 Å². The van der Waals surface area contributed by atoms with Crippen LogP contribution < -0.4 is 10.3 Å². The fraction of sp³-hybridized carbons (Fsp3) is 0.429. The summed E-state index contributed by atoms with van der Waals surface area (Å²) in [6.45, 7) is 0. The lowest BCUT2D eigenvalue weighted by Crippen LogP contribution is -2.40. The van der Waals surface area contributed by atoms with Crippen molar-refractivity contribution in [2.24, 2.45) is 0 Å². The van der Waals surface area contributed by atoms with Gasteiger partial charge >= 0.3 is 11.3 Å². The summed E-state index contributed by atoms with van der Waals surface area (Å²) in [6.07, 6.45) is 5.83. The second-order valence-electron chi connectivity index (χ2n) is 4.87. The molecule has 1 aliphatic carbocycles. The molecule has 2 aromatic rings. The topological polar surface area (TPSA) is 49.9 Å². The van der Waals surface area contributed by atoms with E-state index >= 15 is 0 Å². The Kier molecular flexibility index (Phi) is 3.00. The molecule has 0 bridgehead atoms. The summed E-state index contributed by atoms with van der Waals surface area (Å²) in [5.41, 5.74) is 1.48. The highest BCUT2D eigenvalue weighted by atomic mass is 16.5. The molecule has 3 rings (SSSR count). The molecule has 0 radical (unpaired) electrons. The summed E-state index contributed by atoms with van der Waals surface area (Å²) in [4.78, 5) is 11.9. The molecule has 0 unspecified atom stereocenters. The molecule has 1 aliphatic rings. The van der Waals surface area contributed by atoms with Crippen LogP contribution in [0.4, 0.5) is 0 Å². The van der Waals surface area contributed by atoms with E-state index in [4.69, 9.17) is 4.52 Å². The predicted octanol–water partition coefficient (Wildman–Crippen LogP) is 2.29. The van der Waals surface area contributed by atoms with Crippen LogP contribution in [0.25, 0.3) is 5.69 Å². The van der Waals surface area contributed by atoms with E-state index in [2.05, 4.69) is 5.27 Å². The molecule has 94 valence electrons. The molecule has 4 nitrogen and oxygen atoms in total. The maximum absolute atomic E-state index is 11.9. The average Bonchev–Trinajstić information content (AvgIpc) is 2.83. The number of nitrogens with zero attached hydrogens (tertiary/aromatic N) is 1. The Bertz CT molecular complexity index is 565. The van der Waals surface area contributed by atoms with Crippen molar-refractivity contribution in [3.8, 4) is 5.69 Å². The van der Waals surface area contributed by atoms with Crippen molar-refractivity contribution in [3.05, 3.63) is 46.4 Å². The Morgan fingerprint density at radius 2 is 1.83 bits per heavy atom. The van der Waals surface area contributed by atoms with Crippen molar-refractivity contribution in [2.75, 3.05) is 0 Å². The molecule has 1 heterocycles.